The Kier molecular flexibility index (Phi) is 4.80. The Labute approximate surface area is 123 Å². The van der Waals surface area contributed by atoms with Crippen molar-refractivity contribution in [2.45, 2.75) is 31.2 Å². The minimum absolute atomic E-state index is 0.144. The molecule has 0 saturated heterocycles. The molecule has 21 heavy (non-hydrogen) atoms. The minimum atomic E-state index is -0.678. The highest BCUT2D eigenvalue weighted by Gasteiger charge is 2.45. The van der Waals surface area contributed by atoms with Crippen molar-refractivity contribution in [2.75, 3.05) is 19.0 Å². The van der Waals surface area contributed by atoms with Crippen molar-refractivity contribution in [3.05, 3.63) is 24.3 Å². The fourth-order valence-corrected chi connectivity index (χ4v) is 1.76. The summed E-state index contributed by atoms with van der Waals surface area (Å²) < 4.78 is 10.0. The van der Waals surface area contributed by atoms with Gasteiger partial charge in [-0.15, -0.1) is 0 Å². The van der Waals surface area contributed by atoms with E-state index in [1.54, 1.807) is 24.3 Å². The third-order valence-electron chi connectivity index (χ3n) is 3.37. The van der Waals surface area contributed by atoms with Crippen molar-refractivity contribution in [2.24, 2.45) is 5.73 Å². The minimum Gasteiger partial charge on any atom is -0.494 e. The molecule has 6 heteroatoms. The predicted molar refractivity (Wildman–Crippen MR) is 78.0 cm³/mol. The van der Waals surface area contributed by atoms with Crippen LogP contribution in [0.3, 0.4) is 0 Å². The lowest BCUT2D eigenvalue weighted by Gasteiger charge is -2.11. The first kappa shape index (κ1) is 15.3. The van der Waals surface area contributed by atoms with E-state index in [9.17, 15) is 9.59 Å². The zero-order chi connectivity index (χ0) is 15.3. The number of anilines is 1. The number of amides is 1. The Hall–Kier alpha value is -2.08. The summed E-state index contributed by atoms with van der Waals surface area (Å²) in [5, 5.41) is 2.78. The van der Waals surface area contributed by atoms with E-state index in [0.717, 1.165) is 12.8 Å². The number of methoxy groups -OCH3 is 1. The summed E-state index contributed by atoms with van der Waals surface area (Å²) in [4.78, 5) is 22.7. The van der Waals surface area contributed by atoms with Crippen LogP contribution in [0.25, 0.3) is 0 Å². The first-order chi connectivity index (χ1) is 10.0. The second-order valence-corrected chi connectivity index (χ2v) is 5.16. The number of rotatable bonds is 7. The van der Waals surface area contributed by atoms with E-state index >= 15 is 0 Å². The summed E-state index contributed by atoms with van der Waals surface area (Å²) in [6.07, 6.45) is 2.41. The average molecular weight is 292 g/mol. The Bertz CT molecular complexity index is 509. The maximum absolute atomic E-state index is 11.8. The van der Waals surface area contributed by atoms with Crippen LogP contribution in [0.4, 0.5) is 5.69 Å². The summed E-state index contributed by atoms with van der Waals surface area (Å²) in [5.41, 5.74) is 5.83. The number of benzene rings is 1. The standard InChI is InChI=1S/C15H20N2O4/c1-20-13(18)3-2-10-21-12-6-4-11(5-7-12)17-14(19)15(16)8-9-15/h4-7H,2-3,8-10,16H2,1H3,(H,17,19). The Morgan fingerprint density at radius 2 is 1.95 bits per heavy atom. The molecule has 114 valence electrons. The van der Waals surface area contributed by atoms with Gasteiger partial charge >= 0.3 is 5.97 Å². The van der Waals surface area contributed by atoms with Crippen molar-refractivity contribution in [3.8, 4) is 5.75 Å². The monoisotopic (exact) mass is 292 g/mol. The second-order valence-electron chi connectivity index (χ2n) is 5.16. The van der Waals surface area contributed by atoms with E-state index in [1.165, 1.54) is 7.11 Å². The Balaban J connectivity index is 1.74. The SMILES string of the molecule is COC(=O)CCCOc1ccc(NC(=O)C2(N)CC2)cc1. The highest BCUT2D eigenvalue weighted by atomic mass is 16.5. The molecule has 1 fully saturated rings. The number of hydrogen-bond acceptors (Lipinski definition) is 5. The molecular weight excluding hydrogens is 272 g/mol. The third-order valence-corrected chi connectivity index (χ3v) is 3.37. The van der Waals surface area contributed by atoms with E-state index in [1.807, 2.05) is 0 Å². The van der Waals surface area contributed by atoms with Gasteiger partial charge in [0.15, 0.2) is 0 Å². The highest BCUT2D eigenvalue weighted by Crippen LogP contribution is 2.33. The predicted octanol–water partition coefficient (Wildman–Crippen LogP) is 1.45. The molecule has 0 spiro atoms. The van der Waals surface area contributed by atoms with E-state index < -0.39 is 5.54 Å². The van der Waals surface area contributed by atoms with Gasteiger partial charge in [0.25, 0.3) is 0 Å². The molecule has 0 heterocycles. The van der Waals surface area contributed by atoms with Crippen LogP contribution in [0.1, 0.15) is 25.7 Å². The number of hydrogen-bond donors (Lipinski definition) is 2. The summed E-state index contributed by atoms with van der Waals surface area (Å²) >= 11 is 0. The van der Waals surface area contributed by atoms with E-state index in [-0.39, 0.29) is 11.9 Å². The Morgan fingerprint density at radius 3 is 2.52 bits per heavy atom. The van der Waals surface area contributed by atoms with Crippen molar-refractivity contribution < 1.29 is 19.1 Å². The Morgan fingerprint density at radius 1 is 1.29 bits per heavy atom. The molecule has 6 nitrogen and oxygen atoms in total. The van der Waals surface area contributed by atoms with Crippen LogP contribution in [0, 0.1) is 0 Å². The lowest BCUT2D eigenvalue weighted by atomic mass is 10.2. The van der Waals surface area contributed by atoms with Crippen LogP contribution in [-0.2, 0) is 14.3 Å². The summed E-state index contributed by atoms with van der Waals surface area (Å²) in [6.45, 7) is 0.437. The van der Waals surface area contributed by atoms with Crippen molar-refractivity contribution in [1.82, 2.24) is 0 Å². The van der Waals surface area contributed by atoms with Gasteiger partial charge in [0.1, 0.15) is 5.75 Å². The van der Waals surface area contributed by atoms with E-state index in [2.05, 4.69) is 10.1 Å². The first-order valence-corrected chi connectivity index (χ1v) is 6.93. The van der Waals surface area contributed by atoms with Gasteiger partial charge in [-0.3, -0.25) is 9.59 Å². The van der Waals surface area contributed by atoms with Crippen LogP contribution in [0.15, 0.2) is 24.3 Å². The molecule has 0 atom stereocenters. The lowest BCUT2D eigenvalue weighted by molar-refractivity contribution is -0.140. The first-order valence-electron chi connectivity index (χ1n) is 6.93. The average Bonchev–Trinajstić information content (AvgIpc) is 3.24. The topological polar surface area (TPSA) is 90.6 Å². The fraction of sp³-hybridized carbons (Fsp3) is 0.467. The van der Waals surface area contributed by atoms with Crippen molar-refractivity contribution in [3.63, 3.8) is 0 Å². The van der Waals surface area contributed by atoms with Crippen molar-refractivity contribution in [1.29, 1.82) is 0 Å². The molecule has 1 aliphatic rings. The second kappa shape index (κ2) is 6.58. The van der Waals surface area contributed by atoms with Crippen LogP contribution in [0.5, 0.6) is 5.75 Å². The van der Waals surface area contributed by atoms with E-state index in [0.29, 0.717) is 30.9 Å². The fourth-order valence-electron chi connectivity index (χ4n) is 1.76. The van der Waals surface area contributed by atoms with Gasteiger partial charge in [-0.2, -0.15) is 0 Å². The number of carbonyl (C=O) groups is 2. The summed E-state index contributed by atoms with van der Waals surface area (Å²) in [5.74, 6) is 0.299. The number of ether oxygens (including phenoxy) is 2. The van der Waals surface area contributed by atoms with Crippen LogP contribution in [0.2, 0.25) is 0 Å². The van der Waals surface area contributed by atoms with Gasteiger partial charge in [-0.1, -0.05) is 0 Å². The summed E-state index contributed by atoms with van der Waals surface area (Å²) in [6, 6.07) is 7.06. The van der Waals surface area contributed by atoms with Gasteiger partial charge < -0.3 is 20.5 Å². The van der Waals surface area contributed by atoms with Gasteiger partial charge in [0.2, 0.25) is 5.91 Å². The molecule has 0 radical (unpaired) electrons. The maximum Gasteiger partial charge on any atom is 0.305 e. The molecule has 0 unspecified atom stereocenters. The maximum atomic E-state index is 11.8. The van der Waals surface area contributed by atoms with Crippen LogP contribution < -0.4 is 15.8 Å². The molecule has 1 aromatic carbocycles. The molecule has 1 saturated carbocycles. The van der Waals surface area contributed by atoms with Crippen molar-refractivity contribution >= 4 is 17.6 Å². The molecule has 2 rings (SSSR count). The zero-order valence-corrected chi connectivity index (χ0v) is 12.1. The van der Waals surface area contributed by atoms with Gasteiger partial charge in [0.05, 0.1) is 19.3 Å². The molecular formula is C15H20N2O4. The van der Waals surface area contributed by atoms with Crippen LogP contribution in [-0.4, -0.2) is 31.1 Å². The van der Waals surface area contributed by atoms with Gasteiger partial charge in [0, 0.05) is 12.1 Å². The highest BCUT2D eigenvalue weighted by molar-refractivity contribution is 6.00. The zero-order valence-electron chi connectivity index (χ0n) is 12.1. The van der Waals surface area contributed by atoms with Gasteiger partial charge in [-0.25, -0.2) is 0 Å². The lowest BCUT2D eigenvalue weighted by Crippen LogP contribution is -2.37. The molecule has 3 N–H and O–H groups in total. The molecule has 1 aromatic rings. The largest absolute Gasteiger partial charge is 0.494 e. The molecule has 1 amide bonds. The molecule has 0 aliphatic heterocycles. The van der Waals surface area contributed by atoms with Gasteiger partial charge in [-0.05, 0) is 43.5 Å². The molecule has 1 aliphatic carbocycles. The summed E-state index contributed by atoms with van der Waals surface area (Å²) in [7, 11) is 1.36. The number of esters is 1. The third kappa shape index (κ3) is 4.46. The van der Waals surface area contributed by atoms with Crippen LogP contribution >= 0.6 is 0 Å². The molecule has 0 bridgehead atoms. The van der Waals surface area contributed by atoms with E-state index in [4.69, 9.17) is 10.5 Å². The number of nitrogens with two attached hydrogens (primary N) is 1. The number of carbonyl (C=O) groups excluding carboxylic acids is 2. The number of nitrogens with one attached hydrogen (secondary N) is 1. The molecule has 0 aromatic heterocycles. The smallest absolute Gasteiger partial charge is 0.305 e. The normalized spacial score (nSPS) is 15.1. The quantitative estimate of drug-likeness (QED) is 0.586.